The monoisotopic (exact) mass is 289 g/mol. The summed E-state index contributed by atoms with van der Waals surface area (Å²) in [6, 6.07) is 5.54. The van der Waals surface area contributed by atoms with Crippen LogP contribution in [0.1, 0.15) is 13.8 Å². The van der Waals surface area contributed by atoms with E-state index < -0.39 is 9.84 Å². The van der Waals surface area contributed by atoms with Gasteiger partial charge in [-0.2, -0.15) is 0 Å². The van der Waals surface area contributed by atoms with Gasteiger partial charge in [0.2, 0.25) is 0 Å². The van der Waals surface area contributed by atoms with E-state index in [1.165, 1.54) is 18.0 Å². The maximum Gasteiger partial charge on any atom is 0.148 e. The predicted octanol–water partition coefficient (Wildman–Crippen LogP) is 2.19. The van der Waals surface area contributed by atoms with Gasteiger partial charge in [-0.1, -0.05) is 6.07 Å². The molecule has 102 valence electrons. The minimum atomic E-state index is -2.93. The lowest BCUT2D eigenvalue weighted by Gasteiger charge is -2.14. The third-order valence-corrected chi connectivity index (χ3v) is 4.38. The number of nitrogen functional groups attached to an aromatic ring is 1. The van der Waals surface area contributed by atoms with E-state index >= 15 is 0 Å². The Hall–Kier alpha value is -0.880. The van der Waals surface area contributed by atoms with Gasteiger partial charge in [0, 0.05) is 16.9 Å². The van der Waals surface area contributed by atoms with Gasteiger partial charge in [0.1, 0.15) is 15.6 Å². The second-order valence-electron chi connectivity index (χ2n) is 4.31. The van der Waals surface area contributed by atoms with Crippen LogP contribution in [0.25, 0.3) is 0 Å². The minimum absolute atomic E-state index is 0.0589. The van der Waals surface area contributed by atoms with Crippen LogP contribution in [0.5, 0.6) is 5.75 Å². The highest BCUT2D eigenvalue weighted by Gasteiger charge is 2.09. The number of nitrogens with two attached hydrogens (primary N) is 1. The summed E-state index contributed by atoms with van der Waals surface area (Å²) in [5, 5.41) is 0. The smallest absolute Gasteiger partial charge is 0.148 e. The van der Waals surface area contributed by atoms with Crippen LogP contribution in [-0.2, 0) is 9.84 Å². The van der Waals surface area contributed by atoms with Crippen LogP contribution in [0.15, 0.2) is 23.1 Å². The van der Waals surface area contributed by atoms with Crippen molar-refractivity contribution in [2.75, 3.05) is 23.5 Å². The number of anilines is 1. The first-order valence-corrected chi connectivity index (χ1v) is 8.70. The van der Waals surface area contributed by atoms with E-state index in [9.17, 15) is 8.42 Å². The Balaban J connectivity index is 2.72. The first-order valence-electron chi connectivity index (χ1n) is 5.65. The van der Waals surface area contributed by atoms with Crippen molar-refractivity contribution in [1.29, 1.82) is 0 Å². The maximum absolute atomic E-state index is 11.0. The van der Waals surface area contributed by atoms with Crippen molar-refractivity contribution in [3.63, 3.8) is 0 Å². The molecule has 0 aliphatic rings. The molecule has 0 saturated carbocycles. The van der Waals surface area contributed by atoms with Gasteiger partial charge in [-0.15, -0.1) is 11.8 Å². The van der Waals surface area contributed by atoms with Crippen molar-refractivity contribution >= 4 is 27.3 Å². The lowest BCUT2D eigenvalue weighted by Crippen LogP contribution is -2.08. The second kappa shape index (κ2) is 6.33. The summed E-state index contributed by atoms with van der Waals surface area (Å²) in [5.41, 5.74) is 6.56. The average Bonchev–Trinajstić information content (AvgIpc) is 2.21. The maximum atomic E-state index is 11.0. The molecule has 1 aromatic carbocycles. The van der Waals surface area contributed by atoms with Crippen molar-refractivity contribution in [2.24, 2.45) is 0 Å². The molecule has 0 aromatic heterocycles. The highest BCUT2D eigenvalue weighted by atomic mass is 32.2. The summed E-state index contributed by atoms with van der Waals surface area (Å²) in [6.07, 6.45) is 1.29. The van der Waals surface area contributed by atoms with Gasteiger partial charge in [-0.05, 0) is 26.0 Å². The van der Waals surface area contributed by atoms with E-state index in [0.29, 0.717) is 17.2 Å². The van der Waals surface area contributed by atoms with Gasteiger partial charge < -0.3 is 10.5 Å². The molecule has 0 bridgehead atoms. The van der Waals surface area contributed by atoms with Gasteiger partial charge >= 0.3 is 0 Å². The van der Waals surface area contributed by atoms with Crippen LogP contribution in [0.2, 0.25) is 0 Å². The fraction of sp³-hybridized carbons (Fsp3) is 0.500. The summed E-state index contributed by atoms with van der Waals surface area (Å²) in [5.74, 6) is 1.29. The SMILES string of the molecule is CC(C)Oc1cccc(SCCS(C)(=O)=O)c1N. The molecule has 0 radical (unpaired) electrons. The molecule has 0 heterocycles. The average molecular weight is 289 g/mol. The third kappa shape index (κ3) is 5.18. The van der Waals surface area contributed by atoms with E-state index in [1.807, 2.05) is 32.0 Å². The molecule has 18 heavy (non-hydrogen) atoms. The quantitative estimate of drug-likeness (QED) is 0.642. The first kappa shape index (κ1) is 15.2. The highest BCUT2D eigenvalue weighted by molar-refractivity contribution is 8.00. The topological polar surface area (TPSA) is 69.4 Å². The van der Waals surface area contributed by atoms with Crippen LogP contribution in [0.4, 0.5) is 5.69 Å². The van der Waals surface area contributed by atoms with Gasteiger partial charge in [0.15, 0.2) is 0 Å². The number of hydrogen-bond donors (Lipinski definition) is 1. The predicted molar refractivity (Wildman–Crippen MR) is 77.1 cm³/mol. The van der Waals surface area contributed by atoms with Crippen LogP contribution in [-0.4, -0.2) is 32.3 Å². The van der Waals surface area contributed by atoms with Crippen molar-refractivity contribution in [3.05, 3.63) is 18.2 Å². The van der Waals surface area contributed by atoms with Gasteiger partial charge in [0.05, 0.1) is 17.5 Å². The zero-order chi connectivity index (χ0) is 13.8. The van der Waals surface area contributed by atoms with Crippen molar-refractivity contribution in [2.45, 2.75) is 24.8 Å². The van der Waals surface area contributed by atoms with E-state index in [0.717, 1.165) is 4.90 Å². The molecular weight excluding hydrogens is 270 g/mol. The Morgan fingerprint density at radius 2 is 2.06 bits per heavy atom. The zero-order valence-corrected chi connectivity index (χ0v) is 12.5. The van der Waals surface area contributed by atoms with Gasteiger partial charge in [-0.3, -0.25) is 0 Å². The summed E-state index contributed by atoms with van der Waals surface area (Å²) >= 11 is 1.43. The number of para-hydroxylation sites is 1. The molecule has 4 nitrogen and oxygen atoms in total. The van der Waals surface area contributed by atoms with Crippen LogP contribution in [0, 0.1) is 0 Å². The van der Waals surface area contributed by atoms with E-state index in [-0.39, 0.29) is 11.9 Å². The number of rotatable bonds is 6. The Morgan fingerprint density at radius 3 is 2.61 bits per heavy atom. The molecule has 1 aromatic rings. The lowest BCUT2D eigenvalue weighted by atomic mass is 10.3. The molecule has 0 fully saturated rings. The Morgan fingerprint density at radius 1 is 1.39 bits per heavy atom. The minimum Gasteiger partial charge on any atom is -0.489 e. The first-order chi connectivity index (χ1) is 8.29. The summed E-state index contributed by atoms with van der Waals surface area (Å²) in [7, 11) is -2.93. The second-order valence-corrected chi connectivity index (χ2v) is 7.71. The number of sulfone groups is 1. The molecule has 1 rings (SSSR count). The molecular formula is C12H19NO3S2. The summed E-state index contributed by atoms with van der Waals surface area (Å²) < 4.78 is 27.7. The van der Waals surface area contributed by atoms with Gasteiger partial charge in [-0.25, -0.2) is 8.42 Å². The van der Waals surface area contributed by atoms with Crippen molar-refractivity contribution in [3.8, 4) is 5.75 Å². The number of benzene rings is 1. The molecule has 2 N–H and O–H groups in total. The highest BCUT2D eigenvalue weighted by Crippen LogP contribution is 2.33. The Bertz CT molecular complexity index is 498. The standard InChI is InChI=1S/C12H19NO3S2/c1-9(2)16-10-5-4-6-11(12(10)13)17-7-8-18(3,14)15/h4-6,9H,7-8,13H2,1-3H3. The van der Waals surface area contributed by atoms with Gasteiger partial charge in [0.25, 0.3) is 0 Å². The summed E-state index contributed by atoms with van der Waals surface area (Å²) in [6.45, 7) is 3.87. The van der Waals surface area contributed by atoms with E-state index in [1.54, 1.807) is 0 Å². The van der Waals surface area contributed by atoms with Crippen LogP contribution in [0.3, 0.4) is 0 Å². The van der Waals surface area contributed by atoms with E-state index in [2.05, 4.69) is 0 Å². The Labute approximate surface area is 113 Å². The molecule has 0 aliphatic heterocycles. The fourth-order valence-corrected chi connectivity index (χ4v) is 3.50. The molecule has 0 unspecified atom stereocenters. The fourth-order valence-electron chi connectivity index (χ4n) is 1.31. The van der Waals surface area contributed by atoms with Crippen LogP contribution < -0.4 is 10.5 Å². The number of hydrogen-bond acceptors (Lipinski definition) is 5. The lowest BCUT2D eigenvalue weighted by molar-refractivity contribution is 0.243. The molecule has 0 saturated heterocycles. The third-order valence-electron chi connectivity index (χ3n) is 2.10. The largest absolute Gasteiger partial charge is 0.489 e. The zero-order valence-electron chi connectivity index (χ0n) is 10.8. The van der Waals surface area contributed by atoms with Crippen molar-refractivity contribution < 1.29 is 13.2 Å². The summed E-state index contributed by atoms with van der Waals surface area (Å²) in [4.78, 5) is 0.858. The number of ether oxygens (including phenoxy) is 1. The molecule has 0 atom stereocenters. The molecule has 0 spiro atoms. The number of thioether (sulfide) groups is 1. The normalized spacial score (nSPS) is 11.8. The van der Waals surface area contributed by atoms with Crippen LogP contribution >= 0.6 is 11.8 Å². The van der Waals surface area contributed by atoms with Crippen molar-refractivity contribution in [1.82, 2.24) is 0 Å². The molecule has 6 heteroatoms. The molecule has 0 aliphatic carbocycles. The Kier molecular flexibility index (Phi) is 5.34. The molecule has 0 amide bonds. The van der Waals surface area contributed by atoms with E-state index in [4.69, 9.17) is 10.5 Å².